The smallest absolute Gasteiger partial charge is 0.423 e. The van der Waals surface area contributed by atoms with Gasteiger partial charge >= 0.3 is 7.12 Å². The molecule has 0 fully saturated rings. The van der Waals surface area contributed by atoms with Crippen LogP contribution in [0.3, 0.4) is 0 Å². The quantitative estimate of drug-likeness (QED) is 0.214. The molecule has 4 aromatic carbocycles. The highest BCUT2D eigenvalue weighted by atomic mass is 79.9. The van der Waals surface area contributed by atoms with Gasteiger partial charge in [-0.2, -0.15) is 0 Å². The van der Waals surface area contributed by atoms with E-state index in [2.05, 4.69) is 53.9 Å². The molecule has 0 bridgehead atoms. The molecule has 0 heterocycles. The van der Waals surface area contributed by atoms with Crippen LogP contribution >= 0.6 is 71.0 Å². The summed E-state index contributed by atoms with van der Waals surface area (Å²) in [6.07, 6.45) is 0. The molecule has 0 saturated heterocycles. The van der Waals surface area contributed by atoms with Crippen LogP contribution in [-0.2, 0) is 0 Å². The molecule has 0 unspecified atom stereocenters. The Hall–Kier alpha value is -1.12. The highest BCUT2D eigenvalue weighted by Crippen LogP contribution is 2.29. The molecular weight excluding hydrogens is 642 g/mol. The summed E-state index contributed by atoms with van der Waals surface area (Å²) >= 11 is 21.5. The Morgan fingerprint density at radius 1 is 0.594 bits per heavy atom. The van der Waals surface area contributed by atoms with Gasteiger partial charge in [0.1, 0.15) is 0 Å². The van der Waals surface area contributed by atoms with Gasteiger partial charge in [0, 0.05) is 23.5 Å². The molecule has 0 amide bonds. The molecule has 164 valence electrons. The van der Waals surface area contributed by atoms with E-state index in [1.807, 2.05) is 72.8 Å². The molecule has 0 aliphatic carbocycles. The van der Waals surface area contributed by atoms with E-state index in [4.69, 9.17) is 33.2 Å². The van der Waals surface area contributed by atoms with Crippen LogP contribution in [0.2, 0.25) is 10.0 Å². The molecule has 2 nitrogen and oxygen atoms in total. The Balaban J connectivity index is 0.000000178. The van der Waals surface area contributed by atoms with E-state index in [0.717, 1.165) is 30.1 Å². The molecular formula is C24H18BBr3Cl2O2. The second kappa shape index (κ2) is 14.2. The third-order valence-electron chi connectivity index (χ3n) is 3.98. The largest absolute Gasteiger partial charge is 0.489 e. The van der Waals surface area contributed by atoms with Crippen molar-refractivity contribution in [3.05, 3.63) is 121 Å². The van der Waals surface area contributed by atoms with Gasteiger partial charge in [0.25, 0.3) is 0 Å². The van der Waals surface area contributed by atoms with Crippen molar-refractivity contribution in [3.8, 4) is 11.1 Å². The molecule has 0 saturated carbocycles. The summed E-state index contributed by atoms with van der Waals surface area (Å²) in [6.45, 7) is 0. The third-order valence-corrected chi connectivity index (χ3v) is 6.36. The number of rotatable bonds is 2. The average molecular weight is 660 g/mol. The lowest BCUT2D eigenvalue weighted by Crippen LogP contribution is -2.30. The van der Waals surface area contributed by atoms with E-state index in [9.17, 15) is 0 Å². The molecule has 0 aliphatic heterocycles. The molecule has 0 aromatic heterocycles. The zero-order chi connectivity index (χ0) is 23.5. The fourth-order valence-corrected chi connectivity index (χ4v) is 4.41. The van der Waals surface area contributed by atoms with Crippen molar-refractivity contribution < 1.29 is 10.0 Å². The summed E-state index contributed by atoms with van der Waals surface area (Å²) in [6, 6.07) is 30.4. The number of hydrogen-bond acceptors (Lipinski definition) is 2. The molecule has 8 heteroatoms. The van der Waals surface area contributed by atoms with Gasteiger partial charge in [0.2, 0.25) is 0 Å². The Morgan fingerprint density at radius 3 is 1.62 bits per heavy atom. The van der Waals surface area contributed by atoms with Gasteiger partial charge in [-0.3, -0.25) is 0 Å². The van der Waals surface area contributed by atoms with Gasteiger partial charge in [-0.25, -0.2) is 0 Å². The van der Waals surface area contributed by atoms with Gasteiger partial charge in [0.15, 0.2) is 0 Å². The Kier molecular flexibility index (Phi) is 12.1. The first-order valence-corrected chi connectivity index (χ1v) is 12.4. The minimum atomic E-state index is -1.39. The molecule has 4 rings (SSSR count). The van der Waals surface area contributed by atoms with Crippen molar-refractivity contribution in [3.63, 3.8) is 0 Å². The van der Waals surface area contributed by atoms with Crippen LogP contribution in [0.15, 0.2) is 110 Å². The van der Waals surface area contributed by atoms with E-state index >= 15 is 0 Å². The zero-order valence-corrected chi connectivity index (χ0v) is 22.9. The first-order chi connectivity index (χ1) is 15.3. The maximum Gasteiger partial charge on any atom is 0.489 e. The lowest BCUT2D eigenvalue weighted by Gasteiger charge is -2.04. The predicted molar refractivity (Wildman–Crippen MR) is 148 cm³/mol. The Morgan fingerprint density at radius 2 is 1.16 bits per heavy atom. The fraction of sp³-hybridized carbons (Fsp3) is 0. The third kappa shape index (κ3) is 9.40. The predicted octanol–water partition coefficient (Wildman–Crippen LogP) is 8.00. The summed E-state index contributed by atoms with van der Waals surface area (Å²) in [7, 11) is -1.39. The lowest BCUT2D eigenvalue weighted by molar-refractivity contribution is 0.425. The normalized spacial score (nSPS) is 9.72. The lowest BCUT2D eigenvalue weighted by atomic mass is 9.80. The van der Waals surface area contributed by atoms with Gasteiger partial charge < -0.3 is 10.0 Å². The summed E-state index contributed by atoms with van der Waals surface area (Å²) in [5.41, 5.74) is 2.78. The first-order valence-electron chi connectivity index (χ1n) is 9.30. The number of benzene rings is 4. The standard InChI is InChI=1S/C12H8BrCl.C6H6BBrO2.C6H4BrCl/c13-12-7-2-1-6-11(12)9-4-3-5-10(14)8-9;8-6-4-2-1-3-5(6)7(9)10;7-5-2-1-3-6(8)4-5/h1-8H;1-4,9-10H;1-4H. The summed E-state index contributed by atoms with van der Waals surface area (Å²) in [5.74, 6) is 0. The number of halogens is 5. The van der Waals surface area contributed by atoms with Crippen LogP contribution in [-0.4, -0.2) is 17.2 Å². The van der Waals surface area contributed by atoms with Gasteiger partial charge in [-0.05, 0) is 59.1 Å². The molecule has 32 heavy (non-hydrogen) atoms. The van der Waals surface area contributed by atoms with Crippen LogP contribution in [0, 0.1) is 0 Å². The summed E-state index contributed by atoms with van der Waals surface area (Å²) < 4.78 is 2.82. The fourth-order valence-electron chi connectivity index (χ4n) is 2.50. The van der Waals surface area contributed by atoms with Crippen molar-refractivity contribution in [2.45, 2.75) is 0 Å². The second-order valence-corrected chi connectivity index (χ2v) is 9.82. The topological polar surface area (TPSA) is 40.5 Å². The van der Waals surface area contributed by atoms with Crippen molar-refractivity contribution in [1.29, 1.82) is 0 Å². The second-order valence-electron chi connectivity index (χ2n) is 6.33. The van der Waals surface area contributed by atoms with E-state index in [0.29, 0.717) is 9.94 Å². The maximum absolute atomic E-state index is 8.73. The Labute approximate surface area is 223 Å². The van der Waals surface area contributed by atoms with Crippen LogP contribution in [0.25, 0.3) is 11.1 Å². The van der Waals surface area contributed by atoms with Crippen molar-refractivity contribution >= 4 is 83.6 Å². The first kappa shape index (κ1) is 27.1. The highest BCUT2D eigenvalue weighted by molar-refractivity contribution is 9.11. The van der Waals surface area contributed by atoms with Crippen molar-refractivity contribution in [2.75, 3.05) is 0 Å². The van der Waals surface area contributed by atoms with Crippen molar-refractivity contribution in [1.82, 2.24) is 0 Å². The van der Waals surface area contributed by atoms with E-state index < -0.39 is 7.12 Å². The SMILES string of the molecule is Clc1cccc(-c2ccccc2Br)c1.Clc1cccc(Br)c1.OB(O)c1ccccc1Br. The summed E-state index contributed by atoms with van der Waals surface area (Å²) in [5, 5.41) is 19.0. The molecule has 0 radical (unpaired) electrons. The molecule has 0 spiro atoms. The molecule has 0 atom stereocenters. The average Bonchev–Trinajstić information content (AvgIpc) is 2.75. The highest BCUT2D eigenvalue weighted by Gasteiger charge is 2.12. The zero-order valence-electron chi connectivity index (χ0n) is 16.6. The minimum Gasteiger partial charge on any atom is -0.423 e. The van der Waals surface area contributed by atoms with E-state index in [1.165, 1.54) is 0 Å². The molecule has 2 N–H and O–H groups in total. The van der Waals surface area contributed by atoms with Gasteiger partial charge in [-0.1, -0.05) is 126 Å². The van der Waals surface area contributed by atoms with Crippen LogP contribution in [0.5, 0.6) is 0 Å². The van der Waals surface area contributed by atoms with E-state index in [1.54, 1.807) is 18.2 Å². The molecule has 0 aliphatic rings. The van der Waals surface area contributed by atoms with E-state index in [-0.39, 0.29) is 0 Å². The van der Waals surface area contributed by atoms with Crippen LogP contribution in [0.1, 0.15) is 0 Å². The van der Waals surface area contributed by atoms with Crippen LogP contribution in [0.4, 0.5) is 0 Å². The van der Waals surface area contributed by atoms with Crippen LogP contribution < -0.4 is 5.46 Å². The van der Waals surface area contributed by atoms with Crippen molar-refractivity contribution in [2.24, 2.45) is 0 Å². The molecule has 4 aromatic rings. The maximum atomic E-state index is 8.73. The van der Waals surface area contributed by atoms with Gasteiger partial charge in [0.05, 0.1) is 0 Å². The minimum absolute atomic E-state index is 0.488. The monoisotopic (exact) mass is 656 g/mol. The van der Waals surface area contributed by atoms with Gasteiger partial charge in [-0.15, -0.1) is 0 Å². The Bertz CT molecular complexity index is 1130. The summed E-state index contributed by atoms with van der Waals surface area (Å²) in [4.78, 5) is 0. The number of hydrogen-bond donors (Lipinski definition) is 2.